The molecule has 0 spiro atoms. The zero-order valence-corrected chi connectivity index (χ0v) is 8.58. The van der Waals surface area contributed by atoms with Crippen molar-refractivity contribution in [3.05, 3.63) is 46.4 Å². The molecular weight excluding hydrogens is 211 g/mol. The SMILES string of the molecule is B/C=C/c1ccc(/C=C/Br)cc1. The summed E-state index contributed by atoms with van der Waals surface area (Å²) in [4.78, 5) is 1.86. The van der Waals surface area contributed by atoms with E-state index < -0.39 is 0 Å². The molecular formula is C10H10BBr. The Labute approximate surface area is 82.5 Å². The average molecular weight is 221 g/mol. The Morgan fingerprint density at radius 2 is 1.50 bits per heavy atom. The molecule has 0 aliphatic heterocycles. The molecule has 0 nitrogen and oxygen atoms in total. The van der Waals surface area contributed by atoms with Crippen molar-refractivity contribution in [2.75, 3.05) is 0 Å². The lowest BCUT2D eigenvalue weighted by Gasteiger charge is -1.94. The Bertz CT molecular complexity index is 254. The molecule has 0 aliphatic rings. The number of halogens is 1. The maximum absolute atomic E-state index is 3.24. The second-order valence-corrected chi connectivity index (χ2v) is 2.99. The van der Waals surface area contributed by atoms with E-state index in [1.165, 1.54) is 11.1 Å². The second-order valence-electron chi connectivity index (χ2n) is 2.46. The van der Waals surface area contributed by atoms with Gasteiger partial charge in [-0.2, -0.15) is 0 Å². The fourth-order valence-electron chi connectivity index (χ4n) is 0.983. The monoisotopic (exact) mass is 220 g/mol. The summed E-state index contributed by atoms with van der Waals surface area (Å²) in [6.45, 7) is 0. The summed E-state index contributed by atoms with van der Waals surface area (Å²) in [7, 11) is 2.02. The van der Waals surface area contributed by atoms with Gasteiger partial charge in [0, 0.05) is 0 Å². The van der Waals surface area contributed by atoms with Gasteiger partial charge in [0.25, 0.3) is 0 Å². The minimum atomic E-state index is 1.21. The smallest absolute Gasteiger partial charge is 0.123 e. The van der Waals surface area contributed by atoms with Crippen molar-refractivity contribution in [3.63, 3.8) is 0 Å². The van der Waals surface area contributed by atoms with Crippen LogP contribution in [0.3, 0.4) is 0 Å². The minimum absolute atomic E-state index is 1.21. The van der Waals surface area contributed by atoms with Gasteiger partial charge in [-0.15, -0.1) is 5.98 Å². The minimum Gasteiger partial charge on any atom is -0.123 e. The van der Waals surface area contributed by atoms with Crippen LogP contribution in [0, 0.1) is 0 Å². The normalized spacial score (nSPS) is 11.4. The molecule has 0 bridgehead atoms. The van der Waals surface area contributed by atoms with Crippen LogP contribution in [-0.4, -0.2) is 7.85 Å². The summed E-state index contributed by atoms with van der Waals surface area (Å²) in [5, 5.41) is 0. The van der Waals surface area contributed by atoms with Crippen molar-refractivity contribution in [1.29, 1.82) is 0 Å². The highest BCUT2D eigenvalue weighted by atomic mass is 79.9. The van der Waals surface area contributed by atoms with Crippen LogP contribution in [0.4, 0.5) is 0 Å². The number of benzene rings is 1. The van der Waals surface area contributed by atoms with Gasteiger partial charge in [-0.05, 0) is 22.2 Å². The standard InChI is InChI=1S/C10H10BBr/c11-7-5-9-1-3-10(4-2-9)6-8-12/h1-8H,11H2/b7-5+,8-6+. The molecule has 0 atom stereocenters. The molecule has 0 heterocycles. The number of hydrogen-bond donors (Lipinski definition) is 0. The van der Waals surface area contributed by atoms with E-state index in [1.54, 1.807) is 0 Å². The van der Waals surface area contributed by atoms with E-state index in [-0.39, 0.29) is 0 Å². The fraction of sp³-hybridized carbons (Fsp3) is 0. The van der Waals surface area contributed by atoms with Crippen LogP contribution >= 0.6 is 15.9 Å². The maximum Gasteiger partial charge on any atom is 0.129 e. The van der Waals surface area contributed by atoms with Crippen molar-refractivity contribution < 1.29 is 0 Å². The molecule has 0 saturated carbocycles. The first kappa shape index (κ1) is 9.33. The Balaban J connectivity index is 2.85. The average Bonchev–Trinajstić information content (AvgIpc) is 2.09. The Morgan fingerprint density at radius 3 is 1.92 bits per heavy atom. The van der Waals surface area contributed by atoms with E-state index in [2.05, 4.69) is 46.3 Å². The second kappa shape index (κ2) is 4.99. The summed E-state index contributed by atoms with van der Waals surface area (Å²) in [6, 6.07) is 8.38. The van der Waals surface area contributed by atoms with Gasteiger partial charge in [0.05, 0.1) is 0 Å². The first-order valence-electron chi connectivity index (χ1n) is 3.86. The molecule has 0 aliphatic carbocycles. The lowest BCUT2D eigenvalue weighted by Crippen LogP contribution is -1.73. The molecule has 60 valence electrons. The highest BCUT2D eigenvalue weighted by Crippen LogP contribution is 2.08. The predicted molar refractivity (Wildman–Crippen MR) is 62.0 cm³/mol. The first-order chi connectivity index (χ1) is 5.86. The summed E-state index contributed by atoms with van der Waals surface area (Å²) >= 11 is 3.24. The van der Waals surface area contributed by atoms with Crippen LogP contribution in [0.25, 0.3) is 12.2 Å². The van der Waals surface area contributed by atoms with E-state index in [1.807, 2.05) is 24.9 Å². The zero-order valence-electron chi connectivity index (χ0n) is 7.00. The summed E-state index contributed by atoms with van der Waals surface area (Å²) in [6.07, 6.45) is 4.10. The van der Waals surface area contributed by atoms with Gasteiger partial charge in [0.2, 0.25) is 0 Å². The summed E-state index contributed by atoms with van der Waals surface area (Å²) in [5.41, 5.74) is 2.45. The van der Waals surface area contributed by atoms with Crippen molar-refractivity contribution in [1.82, 2.24) is 0 Å². The quantitative estimate of drug-likeness (QED) is 0.673. The Morgan fingerprint density at radius 1 is 1.00 bits per heavy atom. The lowest BCUT2D eigenvalue weighted by atomic mass is 10.1. The molecule has 1 rings (SSSR count). The lowest BCUT2D eigenvalue weighted by molar-refractivity contribution is 1.63. The van der Waals surface area contributed by atoms with E-state index in [0.717, 1.165) is 0 Å². The van der Waals surface area contributed by atoms with E-state index in [9.17, 15) is 0 Å². The molecule has 1 aromatic rings. The van der Waals surface area contributed by atoms with Gasteiger partial charge in [0.15, 0.2) is 0 Å². The van der Waals surface area contributed by atoms with Crippen LogP contribution in [0.15, 0.2) is 35.2 Å². The van der Waals surface area contributed by atoms with Gasteiger partial charge in [0.1, 0.15) is 7.85 Å². The third kappa shape index (κ3) is 2.70. The fourth-order valence-corrected chi connectivity index (χ4v) is 1.29. The molecule has 0 fully saturated rings. The number of hydrogen-bond acceptors (Lipinski definition) is 0. The Hall–Kier alpha value is -0.755. The molecule has 0 radical (unpaired) electrons. The first-order valence-corrected chi connectivity index (χ1v) is 4.78. The largest absolute Gasteiger partial charge is 0.129 e. The van der Waals surface area contributed by atoms with Gasteiger partial charge in [-0.25, -0.2) is 0 Å². The summed E-state index contributed by atoms with van der Waals surface area (Å²) in [5.74, 6) is 2.04. The van der Waals surface area contributed by atoms with Crippen molar-refractivity contribution in [3.8, 4) is 0 Å². The Kier molecular flexibility index (Phi) is 3.88. The molecule has 0 N–H and O–H groups in total. The molecule has 2 heteroatoms. The molecule has 12 heavy (non-hydrogen) atoms. The van der Waals surface area contributed by atoms with E-state index in [0.29, 0.717) is 0 Å². The van der Waals surface area contributed by atoms with E-state index >= 15 is 0 Å². The van der Waals surface area contributed by atoms with Crippen molar-refractivity contribution in [2.45, 2.75) is 0 Å². The van der Waals surface area contributed by atoms with E-state index in [4.69, 9.17) is 0 Å². The van der Waals surface area contributed by atoms with Crippen LogP contribution in [-0.2, 0) is 0 Å². The van der Waals surface area contributed by atoms with Gasteiger partial charge in [-0.3, -0.25) is 0 Å². The molecule has 1 aromatic carbocycles. The molecule has 0 unspecified atom stereocenters. The van der Waals surface area contributed by atoms with Gasteiger partial charge < -0.3 is 0 Å². The van der Waals surface area contributed by atoms with Crippen LogP contribution in [0.1, 0.15) is 11.1 Å². The van der Waals surface area contributed by atoms with Gasteiger partial charge >= 0.3 is 0 Å². The third-order valence-corrected chi connectivity index (χ3v) is 1.82. The third-order valence-electron chi connectivity index (χ3n) is 1.55. The van der Waals surface area contributed by atoms with Crippen LogP contribution in [0.5, 0.6) is 0 Å². The summed E-state index contributed by atoms with van der Waals surface area (Å²) < 4.78 is 0. The van der Waals surface area contributed by atoms with Gasteiger partial charge in [-0.1, -0.05) is 46.3 Å². The molecule has 0 aromatic heterocycles. The highest BCUT2D eigenvalue weighted by Gasteiger charge is 1.86. The van der Waals surface area contributed by atoms with Crippen LogP contribution < -0.4 is 0 Å². The highest BCUT2D eigenvalue weighted by molar-refractivity contribution is 9.11. The molecule has 0 amide bonds. The zero-order chi connectivity index (χ0) is 8.81. The predicted octanol–water partition coefficient (Wildman–Crippen LogP) is 2.66. The van der Waals surface area contributed by atoms with Crippen LogP contribution in [0.2, 0.25) is 0 Å². The van der Waals surface area contributed by atoms with Crippen molar-refractivity contribution >= 4 is 35.9 Å². The molecule has 0 saturated heterocycles. The number of rotatable bonds is 2. The van der Waals surface area contributed by atoms with Crippen molar-refractivity contribution in [2.24, 2.45) is 0 Å². The topological polar surface area (TPSA) is 0 Å². The maximum atomic E-state index is 3.24.